The van der Waals surface area contributed by atoms with Crippen LogP contribution in [0.1, 0.15) is 30.9 Å². The van der Waals surface area contributed by atoms with Gasteiger partial charge in [0.1, 0.15) is 0 Å². The zero-order valence-corrected chi connectivity index (χ0v) is 11.4. The van der Waals surface area contributed by atoms with Crippen molar-refractivity contribution < 1.29 is 8.78 Å². The van der Waals surface area contributed by atoms with Crippen molar-refractivity contribution in [2.24, 2.45) is 0 Å². The first-order valence-electron chi connectivity index (χ1n) is 6.64. The molecule has 0 aliphatic carbocycles. The molecule has 0 bridgehead atoms. The van der Waals surface area contributed by atoms with E-state index in [1.165, 1.54) is 6.07 Å². The van der Waals surface area contributed by atoms with Crippen LogP contribution < -0.4 is 11.1 Å². The van der Waals surface area contributed by atoms with Crippen molar-refractivity contribution in [3.05, 3.63) is 53.6 Å². The first kappa shape index (κ1) is 14.3. The molecule has 2 aromatic carbocycles. The lowest BCUT2D eigenvalue weighted by atomic mass is 10.1. The van der Waals surface area contributed by atoms with E-state index < -0.39 is 6.43 Å². The number of rotatable bonds is 5. The van der Waals surface area contributed by atoms with Crippen LogP contribution in [0.15, 0.2) is 42.5 Å². The molecule has 0 saturated heterocycles. The van der Waals surface area contributed by atoms with E-state index in [1.54, 1.807) is 12.1 Å². The second kappa shape index (κ2) is 6.37. The number of nitrogens with two attached hydrogens (primary N) is 1. The van der Waals surface area contributed by atoms with Crippen LogP contribution in [0.3, 0.4) is 0 Å². The smallest absolute Gasteiger partial charge is 0.265 e. The summed E-state index contributed by atoms with van der Waals surface area (Å²) in [7, 11) is 0. The van der Waals surface area contributed by atoms with Gasteiger partial charge in [0.05, 0.1) is 0 Å². The minimum Gasteiger partial charge on any atom is -0.399 e. The number of nitrogens with one attached hydrogen (secondary N) is 1. The number of hydrogen-bond donors (Lipinski definition) is 2. The lowest BCUT2D eigenvalue weighted by Crippen LogP contribution is -2.01. The van der Waals surface area contributed by atoms with Crippen LogP contribution in [0.4, 0.5) is 25.8 Å². The fourth-order valence-electron chi connectivity index (χ4n) is 2.15. The molecule has 0 radical (unpaired) electrons. The molecule has 0 fully saturated rings. The van der Waals surface area contributed by atoms with Crippen molar-refractivity contribution in [2.45, 2.75) is 26.2 Å². The molecular weight excluding hydrogens is 258 g/mol. The summed E-state index contributed by atoms with van der Waals surface area (Å²) in [4.78, 5) is 0. The number of aryl methyl sites for hydroxylation is 1. The minimum absolute atomic E-state index is 0.0729. The van der Waals surface area contributed by atoms with Gasteiger partial charge < -0.3 is 11.1 Å². The van der Waals surface area contributed by atoms with E-state index in [2.05, 4.69) is 12.2 Å². The molecule has 106 valence electrons. The fraction of sp³-hybridized carbons (Fsp3) is 0.250. The third-order valence-corrected chi connectivity index (χ3v) is 3.12. The van der Waals surface area contributed by atoms with Gasteiger partial charge in [-0.15, -0.1) is 0 Å². The van der Waals surface area contributed by atoms with Crippen LogP contribution >= 0.6 is 0 Å². The van der Waals surface area contributed by atoms with Gasteiger partial charge in [-0.1, -0.05) is 31.5 Å². The third-order valence-electron chi connectivity index (χ3n) is 3.12. The molecule has 0 atom stereocenters. The SMILES string of the molecule is CCCc1ccccc1Nc1ccc(N)cc1C(F)F. The highest BCUT2D eigenvalue weighted by atomic mass is 19.3. The molecule has 0 spiro atoms. The van der Waals surface area contributed by atoms with Crippen molar-refractivity contribution in [1.82, 2.24) is 0 Å². The maximum Gasteiger partial charge on any atom is 0.265 e. The summed E-state index contributed by atoms with van der Waals surface area (Å²) >= 11 is 0. The molecule has 2 aromatic rings. The molecule has 3 N–H and O–H groups in total. The second-order valence-corrected chi connectivity index (χ2v) is 4.68. The summed E-state index contributed by atoms with van der Waals surface area (Å²) in [5.74, 6) is 0. The van der Waals surface area contributed by atoms with Gasteiger partial charge in [-0.05, 0) is 36.2 Å². The van der Waals surface area contributed by atoms with Gasteiger partial charge in [0.2, 0.25) is 0 Å². The Morgan fingerprint density at radius 1 is 1.10 bits per heavy atom. The zero-order valence-electron chi connectivity index (χ0n) is 11.4. The van der Waals surface area contributed by atoms with E-state index in [0.717, 1.165) is 24.1 Å². The molecular formula is C16H18F2N2. The second-order valence-electron chi connectivity index (χ2n) is 4.68. The molecule has 0 aliphatic heterocycles. The first-order chi connectivity index (χ1) is 9.61. The van der Waals surface area contributed by atoms with Crippen molar-refractivity contribution in [2.75, 3.05) is 11.1 Å². The zero-order chi connectivity index (χ0) is 14.5. The largest absolute Gasteiger partial charge is 0.399 e. The average Bonchev–Trinajstić information content (AvgIpc) is 2.43. The molecule has 0 amide bonds. The number of para-hydroxylation sites is 1. The lowest BCUT2D eigenvalue weighted by Gasteiger charge is -2.15. The standard InChI is InChI=1S/C16H18F2N2/c1-2-5-11-6-3-4-7-14(11)20-15-9-8-12(19)10-13(15)16(17)18/h3-4,6-10,16,20H,2,5,19H2,1H3. The average molecular weight is 276 g/mol. The van der Waals surface area contributed by atoms with Gasteiger partial charge in [0.15, 0.2) is 0 Å². The molecule has 2 nitrogen and oxygen atoms in total. The Morgan fingerprint density at radius 3 is 2.55 bits per heavy atom. The number of benzene rings is 2. The van der Waals surface area contributed by atoms with E-state index in [0.29, 0.717) is 11.4 Å². The molecule has 0 aliphatic rings. The Morgan fingerprint density at radius 2 is 1.85 bits per heavy atom. The summed E-state index contributed by atoms with van der Waals surface area (Å²) < 4.78 is 26.1. The summed E-state index contributed by atoms with van der Waals surface area (Å²) in [6.45, 7) is 2.09. The Bertz CT molecular complexity index is 582. The highest BCUT2D eigenvalue weighted by Crippen LogP contribution is 2.32. The van der Waals surface area contributed by atoms with E-state index >= 15 is 0 Å². The van der Waals surface area contributed by atoms with Gasteiger partial charge in [0, 0.05) is 22.6 Å². The maximum atomic E-state index is 13.1. The summed E-state index contributed by atoms with van der Waals surface area (Å²) in [6.07, 6.45) is -0.649. The molecule has 0 heterocycles. The van der Waals surface area contributed by atoms with Crippen LogP contribution in [0.2, 0.25) is 0 Å². The van der Waals surface area contributed by atoms with Crippen molar-refractivity contribution in [3.63, 3.8) is 0 Å². The van der Waals surface area contributed by atoms with Gasteiger partial charge in [0.25, 0.3) is 6.43 Å². The minimum atomic E-state index is -2.56. The van der Waals surface area contributed by atoms with Crippen LogP contribution in [0.5, 0.6) is 0 Å². The van der Waals surface area contributed by atoms with Crippen molar-refractivity contribution >= 4 is 17.1 Å². The van der Waals surface area contributed by atoms with Gasteiger partial charge in [-0.3, -0.25) is 0 Å². The number of anilines is 3. The Labute approximate surface area is 117 Å². The van der Waals surface area contributed by atoms with Crippen LogP contribution in [0, 0.1) is 0 Å². The van der Waals surface area contributed by atoms with Crippen molar-refractivity contribution in [3.8, 4) is 0 Å². The monoisotopic (exact) mass is 276 g/mol. The van der Waals surface area contributed by atoms with Crippen LogP contribution in [0.25, 0.3) is 0 Å². The highest BCUT2D eigenvalue weighted by Gasteiger charge is 2.14. The molecule has 4 heteroatoms. The summed E-state index contributed by atoms with van der Waals surface area (Å²) in [5.41, 5.74) is 8.22. The Balaban J connectivity index is 2.35. The van der Waals surface area contributed by atoms with E-state index in [4.69, 9.17) is 5.73 Å². The molecule has 20 heavy (non-hydrogen) atoms. The molecule has 0 saturated carbocycles. The summed E-state index contributed by atoms with van der Waals surface area (Å²) in [5, 5.41) is 3.10. The molecule has 0 unspecified atom stereocenters. The highest BCUT2D eigenvalue weighted by molar-refractivity contribution is 5.68. The van der Waals surface area contributed by atoms with Crippen molar-refractivity contribution in [1.29, 1.82) is 0 Å². The number of halogens is 2. The lowest BCUT2D eigenvalue weighted by molar-refractivity contribution is 0.152. The number of alkyl halides is 2. The topological polar surface area (TPSA) is 38.0 Å². The van der Waals surface area contributed by atoms with Gasteiger partial charge in [-0.25, -0.2) is 8.78 Å². The third kappa shape index (κ3) is 3.26. The number of hydrogen-bond acceptors (Lipinski definition) is 2. The summed E-state index contributed by atoms with van der Waals surface area (Å²) in [6, 6.07) is 12.3. The van der Waals surface area contributed by atoms with E-state index in [9.17, 15) is 8.78 Å². The number of nitrogen functional groups attached to an aromatic ring is 1. The first-order valence-corrected chi connectivity index (χ1v) is 6.64. The van der Waals surface area contributed by atoms with E-state index in [1.807, 2.05) is 24.3 Å². The molecule has 0 aromatic heterocycles. The van der Waals surface area contributed by atoms with E-state index in [-0.39, 0.29) is 5.56 Å². The molecule has 2 rings (SSSR count). The van der Waals surface area contributed by atoms with Crippen LogP contribution in [-0.2, 0) is 6.42 Å². The predicted molar refractivity (Wildman–Crippen MR) is 79.5 cm³/mol. The Hall–Kier alpha value is -2.10. The maximum absolute atomic E-state index is 13.1. The van der Waals surface area contributed by atoms with Gasteiger partial charge in [-0.2, -0.15) is 0 Å². The fourth-order valence-corrected chi connectivity index (χ4v) is 2.15. The predicted octanol–water partition coefficient (Wildman–Crippen LogP) is 4.90. The quantitative estimate of drug-likeness (QED) is 0.762. The Kier molecular flexibility index (Phi) is 4.56. The van der Waals surface area contributed by atoms with Gasteiger partial charge >= 0.3 is 0 Å². The normalized spacial score (nSPS) is 10.8. The van der Waals surface area contributed by atoms with Crippen LogP contribution in [-0.4, -0.2) is 0 Å².